The van der Waals surface area contributed by atoms with E-state index in [9.17, 15) is 24.8 Å². The van der Waals surface area contributed by atoms with Gasteiger partial charge in [-0.05, 0) is 48.9 Å². The van der Waals surface area contributed by atoms with Gasteiger partial charge in [-0.3, -0.25) is 19.7 Å². The third-order valence-electron chi connectivity index (χ3n) is 5.95. The van der Waals surface area contributed by atoms with Gasteiger partial charge in [0, 0.05) is 28.6 Å². The summed E-state index contributed by atoms with van der Waals surface area (Å²) in [6, 6.07) is 6.62. The maximum atomic E-state index is 13.1. The van der Waals surface area contributed by atoms with E-state index in [-0.39, 0.29) is 28.6 Å². The highest BCUT2D eigenvalue weighted by Crippen LogP contribution is 2.45. The summed E-state index contributed by atoms with van der Waals surface area (Å²) in [6.07, 6.45) is 4.81. The molecule has 0 bridgehead atoms. The van der Waals surface area contributed by atoms with Crippen molar-refractivity contribution in [3.63, 3.8) is 0 Å². The number of ketones is 1. The molecule has 1 aliphatic heterocycles. The number of nitro benzene ring substituents is 1. The molecule has 2 aromatic rings. The Morgan fingerprint density at radius 2 is 1.80 bits per heavy atom. The van der Waals surface area contributed by atoms with Crippen molar-refractivity contribution in [2.75, 3.05) is 0 Å². The van der Waals surface area contributed by atoms with Crippen molar-refractivity contribution >= 4 is 34.5 Å². The van der Waals surface area contributed by atoms with Crippen LogP contribution < -0.4 is 0 Å². The number of Topliss-reactive ketones (excluding diaryl/α,β-unsaturated/α-hetero) is 1. The Morgan fingerprint density at radius 1 is 1.13 bits per heavy atom. The molecule has 1 amide bonds. The van der Waals surface area contributed by atoms with Crippen LogP contribution in [-0.2, 0) is 9.59 Å². The van der Waals surface area contributed by atoms with Gasteiger partial charge in [0.2, 0.25) is 0 Å². The molecular weight excluding hydrogens is 404 g/mol. The highest BCUT2D eigenvalue weighted by molar-refractivity contribution is 7.10. The van der Waals surface area contributed by atoms with Crippen LogP contribution in [0.1, 0.15) is 54.1 Å². The minimum absolute atomic E-state index is 0.0381. The van der Waals surface area contributed by atoms with Gasteiger partial charge in [0.1, 0.15) is 11.8 Å². The van der Waals surface area contributed by atoms with Crippen LogP contribution in [0.2, 0.25) is 0 Å². The van der Waals surface area contributed by atoms with Gasteiger partial charge in [-0.15, -0.1) is 11.3 Å². The second kappa shape index (κ2) is 8.02. The summed E-state index contributed by atoms with van der Waals surface area (Å²) in [4.78, 5) is 39.0. The Hall–Kier alpha value is -3.00. The normalized spacial score (nSPS) is 21.9. The summed E-state index contributed by atoms with van der Waals surface area (Å²) in [5.41, 5.74) is 1.19. The Bertz CT molecular complexity index is 1030. The number of non-ortho nitro benzene ring substituents is 1. The summed E-state index contributed by atoms with van der Waals surface area (Å²) in [6.45, 7) is 1.93. The number of carbonyl (C=O) groups is 2. The van der Waals surface area contributed by atoms with Crippen molar-refractivity contribution < 1.29 is 19.6 Å². The van der Waals surface area contributed by atoms with Crippen LogP contribution in [0.25, 0.3) is 5.76 Å². The fourth-order valence-electron chi connectivity index (χ4n) is 4.40. The van der Waals surface area contributed by atoms with Crippen LogP contribution in [0.15, 0.2) is 41.3 Å². The number of amides is 1. The van der Waals surface area contributed by atoms with Crippen LogP contribution >= 0.6 is 11.3 Å². The van der Waals surface area contributed by atoms with Gasteiger partial charge >= 0.3 is 0 Å². The molecule has 7 nitrogen and oxygen atoms in total. The van der Waals surface area contributed by atoms with E-state index in [0.717, 1.165) is 42.5 Å². The lowest BCUT2D eigenvalue weighted by molar-refractivity contribution is -0.384. The van der Waals surface area contributed by atoms with Crippen molar-refractivity contribution in [1.82, 2.24) is 4.90 Å². The molecule has 1 atom stereocenters. The molecule has 0 radical (unpaired) electrons. The molecule has 2 aliphatic rings. The molecule has 8 heteroatoms. The largest absolute Gasteiger partial charge is 0.507 e. The maximum Gasteiger partial charge on any atom is 0.295 e. The fourth-order valence-corrected chi connectivity index (χ4v) is 5.44. The lowest BCUT2D eigenvalue weighted by Crippen LogP contribution is -2.40. The topological polar surface area (TPSA) is 101 Å². The molecule has 1 unspecified atom stereocenters. The van der Waals surface area contributed by atoms with E-state index in [1.165, 1.54) is 35.6 Å². The summed E-state index contributed by atoms with van der Waals surface area (Å²) in [7, 11) is 0. The standard InChI is InChI=1S/C22H22N2O5S/c1-13-11-12-30-21(13)18-17(19(25)14-7-9-16(10-8-14)24(28)29)20(26)22(27)23(18)15-5-3-2-4-6-15/h7-12,15,18,25H,2-6H2,1H3/b19-17-. The zero-order valence-corrected chi connectivity index (χ0v) is 17.4. The zero-order valence-electron chi connectivity index (χ0n) is 16.5. The molecule has 4 rings (SSSR count). The first-order valence-electron chi connectivity index (χ1n) is 9.99. The van der Waals surface area contributed by atoms with Crippen molar-refractivity contribution in [2.24, 2.45) is 0 Å². The number of hydrogen-bond donors (Lipinski definition) is 1. The van der Waals surface area contributed by atoms with E-state index in [1.807, 2.05) is 18.4 Å². The number of rotatable bonds is 4. The SMILES string of the molecule is Cc1ccsc1C1/C(=C(/O)c2ccc([N+](=O)[O-])cc2)C(=O)C(=O)N1C1CCCCC1. The first kappa shape index (κ1) is 20.3. The van der Waals surface area contributed by atoms with E-state index in [2.05, 4.69) is 0 Å². The van der Waals surface area contributed by atoms with E-state index in [0.29, 0.717) is 0 Å². The second-order valence-corrected chi connectivity index (χ2v) is 8.72. The van der Waals surface area contributed by atoms with Gasteiger partial charge in [0.15, 0.2) is 0 Å². The second-order valence-electron chi connectivity index (χ2n) is 7.77. The van der Waals surface area contributed by atoms with Gasteiger partial charge in [0.25, 0.3) is 17.4 Å². The molecule has 1 aromatic heterocycles. The number of aliphatic hydroxyl groups excluding tert-OH is 1. The molecule has 156 valence electrons. The summed E-state index contributed by atoms with van der Waals surface area (Å²) in [5, 5.41) is 23.9. The lowest BCUT2D eigenvalue weighted by Gasteiger charge is -2.35. The third kappa shape index (κ3) is 3.41. The summed E-state index contributed by atoms with van der Waals surface area (Å²) < 4.78 is 0. The minimum Gasteiger partial charge on any atom is -0.507 e. The van der Waals surface area contributed by atoms with Gasteiger partial charge < -0.3 is 10.0 Å². The molecule has 0 spiro atoms. The molecule has 30 heavy (non-hydrogen) atoms. The average Bonchev–Trinajstić information content (AvgIpc) is 3.29. The first-order valence-corrected chi connectivity index (χ1v) is 10.9. The number of nitrogens with zero attached hydrogens (tertiary/aromatic N) is 2. The zero-order chi connectivity index (χ0) is 21.4. The fraction of sp³-hybridized carbons (Fsp3) is 0.364. The number of hydrogen-bond acceptors (Lipinski definition) is 6. The number of thiophene rings is 1. The Morgan fingerprint density at radius 3 is 2.37 bits per heavy atom. The van der Waals surface area contributed by atoms with E-state index in [1.54, 1.807) is 4.90 Å². The van der Waals surface area contributed by atoms with Crippen molar-refractivity contribution in [3.05, 3.63) is 67.4 Å². The maximum absolute atomic E-state index is 13.1. The van der Waals surface area contributed by atoms with Crippen molar-refractivity contribution in [3.8, 4) is 0 Å². The lowest BCUT2D eigenvalue weighted by atomic mass is 9.92. The van der Waals surface area contributed by atoms with E-state index >= 15 is 0 Å². The smallest absolute Gasteiger partial charge is 0.295 e. The van der Waals surface area contributed by atoms with Crippen molar-refractivity contribution in [2.45, 2.75) is 51.1 Å². The van der Waals surface area contributed by atoms with Crippen molar-refractivity contribution in [1.29, 1.82) is 0 Å². The quantitative estimate of drug-likeness (QED) is 0.251. The van der Waals surface area contributed by atoms with Crippen LogP contribution in [0, 0.1) is 17.0 Å². The number of aliphatic hydroxyl groups is 1. The molecule has 2 heterocycles. The van der Waals surface area contributed by atoms with Gasteiger partial charge in [-0.25, -0.2) is 0 Å². The van der Waals surface area contributed by atoms with Crippen LogP contribution in [-0.4, -0.2) is 32.7 Å². The molecule has 1 saturated carbocycles. The number of likely N-dealkylation sites (tertiary alicyclic amines) is 1. The molecule has 1 aliphatic carbocycles. The molecule has 1 saturated heterocycles. The Labute approximate surface area is 177 Å². The highest BCUT2D eigenvalue weighted by atomic mass is 32.1. The van der Waals surface area contributed by atoms with Crippen LogP contribution in [0.4, 0.5) is 5.69 Å². The van der Waals surface area contributed by atoms with Gasteiger partial charge in [-0.2, -0.15) is 0 Å². The van der Waals surface area contributed by atoms with Gasteiger partial charge in [0.05, 0.1) is 10.5 Å². The number of benzene rings is 1. The Kier molecular flexibility index (Phi) is 5.42. The first-order chi connectivity index (χ1) is 14.4. The minimum atomic E-state index is -0.700. The number of carbonyl (C=O) groups excluding carboxylic acids is 2. The summed E-state index contributed by atoms with van der Waals surface area (Å²) >= 11 is 1.46. The molecular formula is C22H22N2O5S. The predicted molar refractivity (Wildman–Crippen MR) is 113 cm³/mol. The predicted octanol–water partition coefficient (Wildman–Crippen LogP) is 4.72. The molecule has 1 aromatic carbocycles. The molecule has 2 fully saturated rings. The number of aryl methyl sites for hydroxylation is 1. The van der Waals surface area contributed by atoms with Gasteiger partial charge in [-0.1, -0.05) is 19.3 Å². The number of nitro groups is 1. The third-order valence-corrected chi connectivity index (χ3v) is 7.02. The van der Waals surface area contributed by atoms with Crippen LogP contribution in [0.3, 0.4) is 0 Å². The summed E-state index contributed by atoms with van der Waals surface area (Å²) in [5.74, 6) is -1.57. The van der Waals surface area contributed by atoms with Crippen LogP contribution in [0.5, 0.6) is 0 Å². The van der Waals surface area contributed by atoms with E-state index < -0.39 is 22.7 Å². The highest BCUT2D eigenvalue weighted by Gasteiger charge is 2.49. The average molecular weight is 426 g/mol. The molecule has 1 N–H and O–H groups in total. The Balaban J connectivity index is 1.84. The monoisotopic (exact) mass is 426 g/mol. The van der Waals surface area contributed by atoms with E-state index in [4.69, 9.17) is 0 Å².